The zero-order chi connectivity index (χ0) is 15.4. The minimum Gasteiger partial charge on any atom is -0.347 e. The van der Waals surface area contributed by atoms with Gasteiger partial charge in [-0.25, -0.2) is 0 Å². The van der Waals surface area contributed by atoms with Crippen LogP contribution in [0.4, 0.5) is 5.00 Å². The Labute approximate surface area is 137 Å². The largest absolute Gasteiger partial charge is 0.347 e. The Hall–Kier alpha value is -1.27. The summed E-state index contributed by atoms with van der Waals surface area (Å²) in [6, 6.07) is 0. The van der Waals surface area contributed by atoms with E-state index in [-0.39, 0.29) is 17.2 Å². The van der Waals surface area contributed by atoms with E-state index in [1.807, 2.05) is 6.92 Å². The zero-order valence-electron chi connectivity index (χ0n) is 12.7. The van der Waals surface area contributed by atoms with E-state index < -0.39 is 0 Å². The summed E-state index contributed by atoms with van der Waals surface area (Å²) in [4.78, 5) is 28.7. The van der Waals surface area contributed by atoms with E-state index in [0.717, 1.165) is 35.5 Å². The van der Waals surface area contributed by atoms with Gasteiger partial charge in [0, 0.05) is 10.6 Å². The van der Waals surface area contributed by atoms with Crippen molar-refractivity contribution in [2.75, 3.05) is 5.32 Å². The van der Waals surface area contributed by atoms with E-state index in [2.05, 4.69) is 5.32 Å². The van der Waals surface area contributed by atoms with Crippen LogP contribution in [0.15, 0.2) is 10.6 Å². The Kier molecular flexibility index (Phi) is 3.34. The first-order chi connectivity index (χ1) is 10.6. The number of hydrogen-bond donors (Lipinski definition) is 1. The van der Waals surface area contributed by atoms with Crippen LogP contribution in [0.1, 0.15) is 53.9 Å². The predicted molar refractivity (Wildman–Crippen MR) is 90.1 cm³/mol. The molecule has 4 rings (SSSR count). The summed E-state index contributed by atoms with van der Waals surface area (Å²) in [6.07, 6.45) is 5.72. The van der Waals surface area contributed by atoms with Gasteiger partial charge >= 0.3 is 0 Å². The third-order valence-corrected chi connectivity index (χ3v) is 7.18. The summed E-state index contributed by atoms with van der Waals surface area (Å²) < 4.78 is 0. The normalized spacial score (nSPS) is 23.6. The number of rotatable bonds is 1. The van der Waals surface area contributed by atoms with Crippen LogP contribution in [0.25, 0.3) is 0 Å². The molecule has 6 heteroatoms. The fourth-order valence-electron chi connectivity index (χ4n) is 3.53. The number of nitrogens with one attached hydrogen (secondary N) is 1. The number of nitrogens with zero attached hydrogens (tertiary/aromatic N) is 1. The summed E-state index contributed by atoms with van der Waals surface area (Å²) in [5.74, 6) is 0.105. The summed E-state index contributed by atoms with van der Waals surface area (Å²) in [7, 11) is 0. The summed E-state index contributed by atoms with van der Waals surface area (Å²) >= 11 is 3.20. The zero-order valence-corrected chi connectivity index (χ0v) is 14.3. The number of fused-ring (bicyclic) bond motifs is 4. The van der Waals surface area contributed by atoms with Crippen LogP contribution in [-0.4, -0.2) is 22.1 Å². The number of carbonyl (C=O) groups is 2. The number of carbonyl (C=O) groups excluding carboxylic acids is 2. The first-order valence-corrected chi connectivity index (χ1v) is 9.40. The highest BCUT2D eigenvalue weighted by atomic mass is 32.2. The Morgan fingerprint density at radius 3 is 2.82 bits per heavy atom. The molecule has 0 aromatic carbocycles. The maximum atomic E-state index is 13.1. The van der Waals surface area contributed by atoms with Gasteiger partial charge in [0.2, 0.25) is 0 Å². The highest BCUT2D eigenvalue weighted by Crippen LogP contribution is 2.48. The van der Waals surface area contributed by atoms with Crippen LogP contribution in [0.5, 0.6) is 0 Å². The van der Waals surface area contributed by atoms with Gasteiger partial charge in [-0.15, -0.1) is 11.3 Å². The van der Waals surface area contributed by atoms with Crippen molar-refractivity contribution in [3.05, 3.63) is 26.6 Å². The van der Waals surface area contributed by atoms with Crippen molar-refractivity contribution >= 4 is 39.8 Å². The molecule has 0 fully saturated rings. The molecular formula is C16H18N2O2S2. The van der Waals surface area contributed by atoms with Crippen LogP contribution in [-0.2, 0) is 17.6 Å². The van der Waals surface area contributed by atoms with Gasteiger partial charge in [-0.2, -0.15) is 0 Å². The minimum atomic E-state index is -0.166. The molecule has 1 aliphatic carbocycles. The third kappa shape index (κ3) is 1.97. The van der Waals surface area contributed by atoms with Crippen molar-refractivity contribution in [2.24, 2.45) is 0 Å². The molecule has 1 N–H and O–H groups in total. The smallest absolute Gasteiger partial charge is 0.263 e. The monoisotopic (exact) mass is 334 g/mol. The van der Waals surface area contributed by atoms with Crippen LogP contribution < -0.4 is 5.32 Å². The van der Waals surface area contributed by atoms with Gasteiger partial charge in [0.05, 0.1) is 10.5 Å². The van der Waals surface area contributed by atoms with Gasteiger partial charge in [-0.05, 0) is 45.1 Å². The summed E-state index contributed by atoms with van der Waals surface area (Å²) in [5.41, 5.74) is 2.74. The van der Waals surface area contributed by atoms with E-state index in [9.17, 15) is 9.59 Å². The molecule has 4 nitrogen and oxygen atoms in total. The van der Waals surface area contributed by atoms with E-state index in [0.29, 0.717) is 4.91 Å². The SMILES string of the molecule is CC(=O)C1=C(C)N2C(=O)c3c(sc4c3CCCCC4)NC2S1. The number of thioether (sulfide) groups is 1. The second-order valence-corrected chi connectivity index (χ2v) is 8.22. The van der Waals surface area contributed by atoms with Crippen molar-refractivity contribution in [2.45, 2.75) is 51.4 Å². The highest BCUT2D eigenvalue weighted by molar-refractivity contribution is 8.04. The first kappa shape index (κ1) is 14.3. The van der Waals surface area contributed by atoms with Crippen molar-refractivity contribution in [3.8, 4) is 0 Å². The van der Waals surface area contributed by atoms with E-state index in [1.54, 1.807) is 23.2 Å². The fourth-order valence-corrected chi connectivity index (χ4v) is 6.10. The fraction of sp³-hybridized carbons (Fsp3) is 0.500. The van der Waals surface area contributed by atoms with Crippen LogP contribution in [0, 0.1) is 0 Å². The lowest BCUT2D eigenvalue weighted by atomic mass is 10.0. The first-order valence-electron chi connectivity index (χ1n) is 7.71. The molecule has 0 bridgehead atoms. The highest BCUT2D eigenvalue weighted by Gasteiger charge is 2.43. The van der Waals surface area contributed by atoms with Crippen LogP contribution in [0.3, 0.4) is 0 Å². The van der Waals surface area contributed by atoms with Crippen molar-refractivity contribution in [1.29, 1.82) is 0 Å². The molecule has 3 heterocycles. The molecule has 0 saturated carbocycles. The Morgan fingerprint density at radius 1 is 1.27 bits per heavy atom. The second kappa shape index (κ2) is 5.13. The Balaban J connectivity index is 1.79. The number of hydrogen-bond acceptors (Lipinski definition) is 5. The molecule has 3 aliphatic rings. The molecule has 0 spiro atoms. The molecule has 22 heavy (non-hydrogen) atoms. The van der Waals surface area contributed by atoms with E-state index in [1.165, 1.54) is 35.0 Å². The molecular weight excluding hydrogens is 316 g/mol. The third-order valence-electron chi connectivity index (χ3n) is 4.58. The van der Waals surface area contributed by atoms with Crippen molar-refractivity contribution in [3.63, 3.8) is 0 Å². The van der Waals surface area contributed by atoms with Crippen molar-refractivity contribution < 1.29 is 9.59 Å². The number of thiophene rings is 1. The maximum absolute atomic E-state index is 13.1. The van der Waals surface area contributed by atoms with Gasteiger partial charge in [0.1, 0.15) is 5.00 Å². The van der Waals surface area contributed by atoms with Gasteiger partial charge in [0.15, 0.2) is 11.3 Å². The lowest BCUT2D eigenvalue weighted by Crippen LogP contribution is -2.42. The average molecular weight is 334 g/mol. The minimum absolute atomic E-state index is 0.0358. The summed E-state index contributed by atoms with van der Waals surface area (Å²) in [6.45, 7) is 3.44. The van der Waals surface area contributed by atoms with Crippen LogP contribution in [0.2, 0.25) is 0 Å². The number of amides is 1. The second-order valence-electron chi connectivity index (χ2n) is 6.03. The number of ketones is 1. The maximum Gasteiger partial charge on any atom is 0.263 e. The molecule has 2 aliphatic heterocycles. The topological polar surface area (TPSA) is 49.4 Å². The van der Waals surface area contributed by atoms with Crippen LogP contribution >= 0.6 is 23.1 Å². The molecule has 1 unspecified atom stereocenters. The van der Waals surface area contributed by atoms with Crippen molar-refractivity contribution in [1.82, 2.24) is 4.90 Å². The van der Waals surface area contributed by atoms with E-state index in [4.69, 9.17) is 0 Å². The molecule has 1 aromatic heterocycles. The molecule has 0 saturated heterocycles. The lowest BCUT2D eigenvalue weighted by Gasteiger charge is -2.31. The Morgan fingerprint density at radius 2 is 2.05 bits per heavy atom. The van der Waals surface area contributed by atoms with Gasteiger partial charge in [0.25, 0.3) is 5.91 Å². The quantitative estimate of drug-likeness (QED) is 0.795. The number of Topliss-reactive ketones (excluding diaryl/α,β-unsaturated/α-hetero) is 1. The number of aryl methyl sites for hydroxylation is 1. The average Bonchev–Trinajstić information content (AvgIpc) is 2.89. The van der Waals surface area contributed by atoms with E-state index >= 15 is 0 Å². The molecule has 1 amide bonds. The van der Waals surface area contributed by atoms with Gasteiger partial charge < -0.3 is 5.32 Å². The van der Waals surface area contributed by atoms with Gasteiger partial charge in [-0.1, -0.05) is 18.2 Å². The van der Waals surface area contributed by atoms with Gasteiger partial charge in [-0.3, -0.25) is 14.5 Å². The molecule has 1 aromatic rings. The Bertz CT molecular complexity index is 720. The predicted octanol–water partition coefficient (Wildman–Crippen LogP) is 3.74. The number of allylic oxidation sites excluding steroid dienone is 2. The molecule has 1 atom stereocenters. The standard InChI is InChI=1S/C16H18N2O2S2/c1-8-13(9(2)19)22-16-17-14-12(15(20)18(8)16)10-6-4-3-5-7-11(10)21-14/h16-17H,3-7H2,1-2H3. The molecule has 116 valence electrons. The summed E-state index contributed by atoms with van der Waals surface area (Å²) in [5, 5.41) is 4.48. The molecule has 0 radical (unpaired) electrons. The number of anilines is 1. The lowest BCUT2D eigenvalue weighted by molar-refractivity contribution is -0.113.